The zero-order valence-corrected chi connectivity index (χ0v) is 14.7. The van der Waals surface area contributed by atoms with Gasteiger partial charge in [-0.1, -0.05) is 39.3 Å². The molecule has 0 aromatic carbocycles. The summed E-state index contributed by atoms with van der Waals surface area (Å²) in [6, 6.07) is 0. The van der Waals surface area contributed by atoms with E-state index in [2.05, 4.69) is 25.4 Å². The van der Waals surface area contributed by atoms with Crippen molar-refractivity contribution in [2.24, 2.45) is 11.3 Å². The zero-order valence-electron chi connectivity index (χ0n) is 13.9. The molecule has 1 aliphatic rings. The van der Waals surface area contributed by atoms with Gasteiger partial charge in [0.15, 0.2) is 5.50 Å². The maximum absolute atomic E-state index is 13.1. The Morgan fingerprint density at radius 1 is 1.36 bits per heavy atom. The zero-order chi connectivity index (χ0) is 16.8. The van der Waals surface area contributed by atoms with Gasteiger partial charge in [-0.05, 0) is 18.8 Å². The number of hydrogen-bond acceptors (Lipinski definition) is 3. The van der Waals surface area contributed by atoms with Crippen LogP contribution in [0, 0.1) is 11.3 Å². The molecule has 1 heterocycles. The van der Waals surface area contributed by atoms with Gasteiger partial charge in [-0.25, -0.2) is 0 Å². The Hall–Kier alpha value is -1.23. The first-order chi connectivity index (χ1) is 10.5. The number of rotatable bonds is 9. The minimum Gasteiger partial charge on any atom is -0.326 e. The van der Waals surface area contributed by atoms with Gasteiger partial charge in [0.05, 0.1) is 0 Å². The summed E-state index contributed by atoms with van der Waals surface area (Å²) in [7, 11) is 0. The first kappa shape index (κ1) is 18.8. The van der Waals surface area contributed by atoms with Crippen molar-refractivity contribution in [3.05, 3.63) is 25.3 Å². The number of amides is 2. The minimum absolute atomic E-state index is 0.0210. The number of thioether (sulfide) groups is 1. The molecule has 0 radical (unpaired) electrons. The van der Waals surface area contributed by atoms with Crippen LogP contribution in [0.2, 0.25) is 0 Å². The van der Waals surface area contributed by atoms with Gasteiger partial charge < -0.3 is 10.2 Å². The molecule has 124 valence electrons. The lowest BCUT2D eigenvalue weighted by molar-refractivity contribution is -0.162. The van der Waals surface area contributed by atoms with Crippen molar-refractivity contribution >= 4 is 23.6 Å². The summed E-state index contributed by atoms with van der Waals surface area (Å²) in [6.07, 6.45) is 5.82. The molecule has 0 spiro atoms. The normalized spacial score (nSPS) is 26.5. The topological polar surface area (TPSA) is 49.4 Å². The van der Waals surface area contributed by atoms with E-state index in [1.54, 1.807) is 17.1 Å². The van der Waals surface area contributed by atoms with Crippen LogP contribution in [0.4, 0.5) is 0 Å². The van der Waals surface area contributed by atoms with Crippen molar-refractivity contribution in [1.29, 1.82) is 0 Å². The summed E-state index contributed by atoms with van der Waals surface area (Å²) in [5.74, 6) is 0.492. The van der Waals surface area contributed by atoms with Crippen LogP contribution in [0.3, 0.4) is 0 Å². The van der Waals surface area contributed by atoms with E-state index < -0.39 is 5.41 Å². The van der Waals surface area contributed by atoms with E-state index in [0.717, 1.165) is 12.8 Å². The molecule has 0 saturated carbocycles. The molecule has 3 unspecified atom stereocenters. The van der Waals surface area contributed by atoms with Crippen molar-refractivity contribution in [3.8, 4) is 0 Å². The summed E-state index contributed by atoms with van der Waals surface area (Å²) < 4.78 is 0. The van der Waals surface area contributed by atoms with E-state index in [4.69, 9.17) is 0 Å². The smallest absolute Gasteiger partial charge is 0.241 e. The van der Waals surface area contributed by atoms with Crippen molar-refractivity contribution < 1.29 is 9.59 Å². The van der Waals surface area contributed by atoms with Crippen LogP contribution in [0.25, 0.3) is 0 Å². The van der Waals surface area contributed by atoms with Crippen LogP contribution in [0.15, 0.2) is 25.3 Å². The average molecular weight is 324 g/mol. The van der Waals surface area contributed by atoms with Crippen LogP contribution in [-0.4, -0.2) is 34.5 Å². The second kappa shape index (κ2) is 8.42. The number of nitrogens with zero attached hydrogens (tertiary/aromatic N) is 1. The van der Waals surface area contributed by atoms with Crippen LogP contribution in [0.5, 0.6) is 0 Å². The van der Waals surface area contributed by atoms with Crippen molar-refractivity contribution in [1.82, 2.24) is 10.2 Å². The highest BCUT2D eigenvalue weighted by molar-refractivity contribution is 8.00. The molecule has 5 heteroatoms. The fourth-order valence-corrected chi connectivity index (χ4v) is 4.03. The maximum Gasteiger partial charge on any atom is 0.241 e. The molecule has 1 N–H and O–H groups in total. The van der Waals surface area contributed by atoms with E-state index in [1.807, 2.05) is 13.8 Å². The quantitative estimate of drug-likeness (QED) is 0.523. The standard InChI is InChI=1S/C17H28N2O2S/c1-6-10-13(5)17(9-4)14(20)18-16(22-12-8-3)19(11-7-2)15(17)21/h7-8,13,16H,2-3,6,9-12H2,1,4-5H3,(H,18,20). The fourth-order valence-electron chi connectivity index (χ4n) is 3.16. The monoisotopic (exact) mass is 324 g/mol. The first-order valence-electron chi connectivity index (χ1n) is 7.94. The van der Waals surface area contributed by atoms with Crippen LogP contribution >= 0.6 is 11.8 Å². The lowest BCUT2D eigenvalue weighted by Crippen LogP contribution is -2.67. The van der Waals surface area contributed by atoms with Gasteiger partial charge in [-0.2, -0.15) is 0 Å². The summed E-state index contributed by atoms with van der Waals surface area (Å²) in [5.41, 5.74) is -1.30. The van der Waals surface area contributed by atoms with Gasteiger partial charge in [-0.15, -0.1) is 24.9 Å². The van der Waals surface area contributed by atoms with E-state index in [9.17, 15) is 9.59 Å². The molecule has 1 saturated heterocycles. The molecule has 1 fully saturated rings. The number of carbonyl (C=O) groups is 2. The Morgan fingerprint density at radius 2 is 2.05 bits per heavy atom. The molecule has 0 aromatic heterocycles. The Balaban J connectivity index is 3.15. The molecule has 2 amide bonds. The number of carbonyl (C=O) groups excluding carboxylic acids is 2. The fraction of sp³-hybridized carbons (Fsp3) is 0.647. The predicted molar refractivity (Wildman–Crippen MR) is 93.3 cm³/mol. The summed E-state index contributed by atoms with van der Waals surface area (Å²) in [6.45, 7) is 13.9. The highest BCUT2D eigenvalue weighted by atomic mass is 32.2. The molecule has 1 aliphatic heterocycles. The van der Waals surface area contributed by atoms with Gasteiger partial charge in [0, 0.05) is 12.3 Å². The lowest BCUT2D eigenvalue weighted by atomic mass is 9.69. The maximum atomic E-state index is 13.1. The second-order valence-electron chi connectivity index (χ2n) is 5.71. The molecule has 0 bridgehead atoms. The van der Waals surface area contributed by atoms with Crippen molar-refractivity contribution in [3.63, 3.8) is 0 Å². The van der Waals surface area contributed by atoms with Gasteiger partial charge >= 0.3 is 0 Å². The van der Waals surface area contributed by atoms with Crippen LogP contribution < -0.4 is 5.32 Å². The van der Waals surface area contributed by atoms with Crippen molar-refractivity contribution in [2.75, 3.05) is 12.3 Å². The van der Waals surface area contributed by atoms with E-state index in [0.29, 0.717) is 18.7 Å². The highest BCUT2D eigenvalue weighted by Gasteiger charge is 2.55. The third-order valence-corrected chi connectivity index (χ3v) is 5.52. The first-order valence-corrected chi connectivity index (χ1v) is 8.99. The molecule has 3 atom stereocenters. The lowest BCUT2D eigenvalue weighted by Gasteiger charge is -2.47. The largest absolute Gasteiger partial charge is 0.326 e. The Labute approximate surface area is 138 Å². The molecular weight excluding hydrogens is 296 g/mol. The van der Waals surface area contributed by atoms with E-state index in [-0.39, 0.29) is 23.2 Å². The van der Waals surface area contributed by atoms with Crippen LogP contribution in [0.1, 0.15) is 40.0 Å². The molecule has 1 rings (SSSR count). The van der Waals surface area contributed by atoms with Gasteiger partial charge in [0.1, 0.15) is 5.41 Å². The average Bonchev–Trinajstić information content (AvgIpc) is 2.49. The molecular formula is C17H28N2O2S. The van der Waals surface area contributed by atoms with Gasteiger partial charge in [0.25, 0.3) is 0 Å². The Morgan fingerprint density at radius 3 is 2.55 bits per heavy atom. The molecule has 4 nitrogen and oxygen atoms in total. The summed E-state index contributed by atoms with van der Waals surface area (Å²) >= 11 is 1.50. The summed E-state index contributed by atoms with van der Waals surface area (Å²) in [5, 5.41) is 3.03. The highest BCUT2D eigenvalue weighted by Crippen LogP contribution is 2.41. The Kier molecular flexibility index (Phi) is 7.20. The number of hydrogen-bond donors (Lipinski definition) is 1. The van der Waals surface area contributed by atoms with E-state index >= 15 is 0 Å². The molecule has 0 aromatic rings. The summed E-state index contributed by atoms with van der Waals surface area (Å²) in [4.78, 5) is 27.7. The third-order valence-electron chi connectivity index (χ3n) is 4.40. The molecule has 22 heavy (non-hydrogen) atoms. The van der Waals surface area contributed by atoms with E-state index in [1.165, 1.54) is 11.8 Å². The Bertz CT molecular complexity index is 438. The van der Waals surface area contributed by atoms with Gasteiger partial charge in [0.2, 0.25) is 11.8 Å². The minimum atomic E-state index is -0.954. The predicted octanol–water partition coefficient (Wildman–Crippen LogP) is 3.17. The SMILES string of the molecule is C=CCSC1NC(=O)C(CC)(C(C)CCC)C(=O)N1CC=C. The molecule has 0 aliphatic carbocycles. The van der Waals surface area contributed by atoms with Crippen molar-refractivity contribution in [2.45, 2.75) is 45.5 Å². The van der Waals surface area contributed by atoms with Gasteiger partial charge in [-0.3, -0.25) is 9.59 Å². The number of nitrogens with one attached hydrogen (secondary N) is 1. The van der Waals surface area contributed by atoms with Crippen LogP contribution in [-0.2, 0) is 9.59 Å². The third kappa shape index (κ3) is 3.40. The second-order valence-corrected chi connectivity index (χ2v) is 6.82.